The van der Waals surface area contributed by atoms with Crippen LogP contribution in [-0.4, -0.2) is 0 Å². The zero-order chi connectivity index (χ0) is 36.2. The summed E-state index contributed by atoms with van der Waals surface area (Å²) in [5.41, 5.74) is 16.1. The first kappa shape index (κ1) is 32.0. The molecular weight excluding hydrogens is 651 g/mol. The molecule has 0 fully saturated rings. The summed E-state index contributed by atoms with van der Waals surface area (Å²) >= 11 is 0. The van der Waals surface area contributed by atoms with E-state index in [4.69, 9.17) is 0 Å². The van der Waals surface area contributed by atoms with E-state index in [-0.39, 0.29) is 5.41 Å². The number of anilines is 3. The van der Waals surface area contributed by atoms with Gasteiger partial charge in [-0.2, -0.15) is 0 Å². The van der Waals surface area contributed by atoms with Crippen LogP contribution in [0.2, 0.25) is 0 Å². The van der Waals surface area contributed by atoms with E-state index in [2.05, 4.69) is 219 Å². The monoisotopic (exact) mass is 689 g/mol. The maximum absolute atomic E-state index is 2.44. The summed E-state index contributed by atoms with van der Waals surface area (Å²) in [6.07, 6.45) is 0. The van der Waals surface area contributed by atoms with Gasteiger partial charge in [-0.25, -0.2) is 0 Å². The highest BCUT2D eigenvalue weighted by Gasteiger charge is 2.37. The van der Waals surface area contributed by atoms with Gasteiger partial charge in [-0.05, 0) is 114 Å². The van der Waals surface area contributed by atoms with Gasteiger partial charge in [0.05, 0.1) is 5.69 Å². The molecule has 0 unspecified atom stereocenters. The molecule has 0 aliphatic heterocycles. The second kappa shape index (κ2) is 12.8. The molecule has 256 valence electrons. The summed E-state index contributed by atoms with van der Waals surface area (Å²) in [5, 5.41) is 4.96. The normalized spacial score (nSPS) is 12.8. The first-order valence-corrected chi connectivity index (χ1v) is 18.8. The van der Waals surface area contributed by atoms with E-state index in [1.54, 1.807) is 0 Å². The molecule has 54 heavy (non-hydrogen) atoms. The highest BCUT2D eigenvalue weighted by Crippen LogP contribution is 2.54. The smallest absolute Gasteiger partial charge is 0.0540 e. The Morgan fingerprint density at radius 1 is 0.352 bits per heavy atom. The molecule has 0 saturated carbocycles. The Labute approximate surface area is 317 Å². The summed E-state index contributed by atoms with van der Waals surface area (Å²) in [6, 6.07) is 73.3. The number of benzene rings is 9. The van der Waals surface area contributed by atoms with Crippen molar-refractivity contribution >= 4 is 38.6 Å². The molecule has 9 aromatic rings. The lowest BCUT2D eigenvalue weighted by molar-refractivity contribution is 0.660. The van der Waals surface area contributed by atoms with Crippen molar-refractivity contribution in [3.63, 3.8) is 0 Å². The molecule has 9 aromatic carbocycles. The van der Waals surface area contributed by atoms with E-state index in [9.17, 15) is 0 Å². The van der Waals surface area contributed by atoms with Gasteiger partial charge in [-0.15, -0.1) is 0 Å². The summed E-state index contributed by atoms with van der Waals surface area (Å²) in [7, 11) is 0. The molecule has 1 heteroatoms. The van der Waals surface area contributed by atoms with Crippen LogP contribution in [0.4, 0.5) is 17.1 Å². The van der Waals surface area contributed by atoms with E-state index in [0.29, 0.717) is 0 Å². The van der Waals surface area contributed by atoms with E-state index < -0.39 is 0 Å². The summed E-state index contributed by atoms with van der Waals surface area (Å²) < 4.78 is 0. The minimum atomic E-state index is -0.160. The topological polar surface area (TPSA) is 3.24 Å². The van der Waals surface area contributed by atoms with Crippen molar-refractivity contribution in [2.24, 2.45) is 0 Å². The van der Waals surface area contributed by atoms with Gasteiger partial charge in [-0.1, -0.05) is 172 Å². The fourth-order valence-corrected chi connectivity index (χ4v) is 8.74. The first-order valence-electron chi connectivity index (χ1n) is 18.8. The second-order valence-electron chi connectivity index (χ2n) is 14.9. The minimum Gasteiger partial charge on any atom is -0.310 e. The van der Waals surface area contributed by atoms with E-state index >= 15 is 0 Å². The van der Waals surface area contributed by atoms with E-state index in [1.807, 2.05) is 0 Å². The highest BCUT2D eigenvalue weighted by molar-refractivity contribution is 6.02. The standard InChI is InChI=1S/C53H39N/c1-53(2)49-25-14-24-46(38-15-5-3-6-16-38)52(49)47-32-31-43(35-50(47)53)54(51-26-13-21-37-19-9-12-23-45(37)51)42-29-27-36(28-30-42)41-33-40-20-10-11-22-44(40)48(34-41)39-17-7-4-8-18-39/h3-35H,1-2H3. The van der Waals surface area contributed by atoms with Crippen molar-refractivity contribution in [2.45, 2.75) is 19.3 Å². The molecule has 0 spiro atoms. The fraction of sp³-hybridized carbons (Fsp3) is 0.0566. The molecule has 0 bridgehead atoms. The van der Waals surface area contributed by atoms with Gasteiger partial charge in [-0.3, -0.25) is 0 Å². The molecule has 0 atom stereocenters. The third kappa shape index (κ3) is 5.24. The van der Waals surface area contributed by atoms with Crippen LogP contribution in [0.15, 0.2) is 200 Å². The number of hydrogen-bond donors (Lipinski definition) is 0. The van der Waals surface area contributed by atoms with Crippen LogP contribution in [0, 0.1) is 0 Å². The lowest BCUT2D eigenvalue weighted by Crippen LogP contribution is -2.16. The van der Waals surface area contributed by atoms with Crippen LogP contribution in [-0.2, 0) is 5.41 Å². The Hall–Kier alpha value is -6.70. The van der Waals surface area contributed by atoms with Crippen molar-refractivity contribution in [3.05, 3.63) is 211 Å². The van der Waals surface area contributed by atoms with Crippen LogP contribution in [0.25, 0.3) is 66.1 Å². The van der Waals surface area contributed by atoms with Gasteiger partial charge < -0.3 is 4.90 Å². The maximum Gasteiger partial charge on any atom is 0.0540 e. The maximum atomic E-state index is 2.44. The molecular formula is C53H39N. The number of rotatable bonds is 6. The summed E-state index contributed by atoms with van der Waals surface area (Å²) in [6.45, 7) is 4.75. The molecule has 0 saturated heterocycles. The zero-order valence-electron chi connectivity index (χ0n) is 30.5. The molecule has 0 aromatic heterocycles. The minimum absolute atomic E-state index is 0.160. The predicted octanol–water partition coefficient (Wildman–Crippen LogP) is 14.8. The van der Waals surface area contributed by atoms with Crippen molar-refractivity contribution in [1.82, 2.24) is 0 Å². The van der Waals surface area contributed by atoms with E-state index in [1.165, 1.54) is 77.2 Å². The quantitative estimate of drug-likeness (QED) is 0.168. The third-order valence-corrected chi connectivity index (χ3v) is 11.4. The highest BCUT2D eigenvalue weighted by atomic mass is 15.1. The van der Waals surface area contributed by atoms with Crippen molar-refractivity contribution in [2.75, 3.05) is 4.90 Å². The second-order valence-corrected chi connectivity index (χ2v) is 14.9. The number of nitrogens with zero attached hydrogens (tertiary/aromatic N) is 1. The summed E-state index contributed by atoms with van der Waals surface area (Å²) in [5.74, 6) is 0. The van der Waals surface area contributed by atoms with Gasteiger partial charge in [0, 0.05) is 22.2 Å². The molecule has 0 N–H and O–H groups in total. The lowest BCUT2D eigenvalue weighted by Gasteiger charge is -2.29. The van der Waals surface area contributed by atoms with Crippen LogP contribution in [0.1, 0.15) is 25.0 Å². The molecule has 0 heterocycles. The first-order chi connectivity index (χ1) is 26.5. The van der Waals surface area contributed by atoms with Gasteiger partial charge in [0.1, 0.15) is 0 Å². The van der Waals surface area contributed by atoms with Crippen molar-refractivity contribution in [3.8, 4) is 44.5 Å². The van der Waals surface area contributed by atoms with E-state index in [0.717, 1.165) is 17.1 Å². The predicted molar refractivity (Wildman–Crippen MR) is 230 cm³/mol. The molecule has 1 nitrogen and oxygen atoms in total. The number of fused-ring (bicyclic) bond motifs is 5. The Bertz CT molecular complexity index is 2830. The molecule has 1 aliphatic rings. The average Bonchev–Trinajstić information content (AvgIpc) is 3.47. The Balaban J connectivity index is 1.12. The Kier molecular flexibility index (Phi) is 7.56. The van der Waals surface area contributed by atoms with Crippen LogP contribution < -0.4 is 4.90 Å². The molecule has 10 rings (SSSR count). The van der Waals surface area contributed by atoms with Crippen molar-refractivity contribution < 1.29 is 0 Å². The number of hydrogen-bond acceptors (Lipinski definition) is 1. The Morgan fingerprint density at radius 3 is 1.72 bits per heavy atom. The van der Waals surface area contributed by atoms with Gasteiger partial charge in [0.15, 0.2) is 0 Å². The van der Waals surface area contributed by atoms with Crippen molar-refractivity contribution in [1.29, 1.82) is 0 Å². The average molecular weight is 690 g/mol. The third-order valence-electron chi connectivity index (χ3n) is 11.4. The fourth-order valence-electron chi connectivity index (χ4n) is 8.74. The van der Waals surface area contributed by atoms with Gasteiger partial charge in [0.25, 0.3) is 0 Å². The Morgan fingerprint density at radius 2 is 0.963 bits per heavy atom. The van der Waals surface area contributed by atoms with Crippen LogP contribution >= 0.6 is 0 Å². The lowest BCUT2D eigenvalue weighted by atomic mass is 9.81. The van der Waals surface area contributed by atoms with Crippen LogP contribution in [0.5, 0.6) is 0 Å². The van der Waals surface area contributed by atoms with Crippen LogP contribution in [0.3, 0.4) is 0 Å². The molecule has 0 amide bonds. The largest absolute Gasteiger partial charge is 0.310 e. The van der Waals surface area contributed by atoms with Gasteiger partial charge >= 0.3 is 0 Å². The molecule has 0 radical (unpaired) electrons. The van der Waals surface area contributed by atoms with Gasteiger partial charge in [0.2, 0.25) is 0 Å². The summed E-state index contributed by atoms with van der Waals surface area (Å²) in [4.78, 5) is 2.44. The zero-order valence-corrected chi connectivity index (χ0v) is 30.5. The molecule has 1 aliphatic carbocycles. The SMILES string of the molecule is CC1(C)c2cc(N(c3ccc(-c4cc(-c5ccccc5)c5ccccc5c4)cc3)c3cccc4ccccc34)ccc2-c2c(-c3ccccc3)cccc21.